The van der Waals surface area contributed by atoms with E-state index in [9.17, 15) is 13.9 Å². The third-order valence-corrected chi connectivity index (χ3v) is 7.34. The smallest absolute Gasteiger partial charge is 0.159 e. The first-order valence-electron chi connectivity index (χ1n) is 12.8. The van der Waals surface area contributed by atoms with Crippen molar-refractivity contribution < 1.29 is 23.5 Å². The lowest BCUT2D eigenvalue weighted by Crippen LogP contribution is -2.43. The van der Waals surface area contributed by atoms with Gasteiger partial charge in [0.1, 0.15) is 12.3 Å². The van der Waals surface area contributed by atoms with Crippen LogP contribution in [0.1, 0.15) is 67.6 Å². The zero-order valence-corrected chi connectivity index (χ0v) is 21.8. The summed E-state index contributed by atoms with van der Waals surface area (Å²) >= 11 is 0. The lowest BCUT2D eigenvalue weighted by atomic mass is 9.84. The molecule has 2 aliphatic rings. The van der Waals surface area contributed by atoms with E-state index in [-0.39, 0.29) is 24.0 Å². The molecular formula is C29H32F2N4O3. The van der Waals surface area contributed by atoms with Crippen LogP contribution < -0.4 is 0 Å². The molecule has 200 valence electrons. The molecule has 4 heterocycles. The van der Waals surface area contributed by atoms with Crippen LogP contribution in [0.15, 0.2) is 60.1 Å². The summed E-state index contributed by atoms with van der Waals surface area (Å²) in [7, 11) is 0. The topological polar surface area (TPSA) is 80.1 Å². The molecule has 0 aliphatic carbocycles. The minimum atomic E-state index is -1.11. The second-order valence-corrected chi connectivity index (χ2v) is 10.7. The number of ether oxygens (including phenoxy) is 1. The first kappa shape index (κ1) is 26.3. The predicted molar refractivity (Wildman–Crippen MR) is 138 cm³/mol. The first-order chi connectivity index (χ1) is 18.2. The van der Waals surface area contributed by atoms with Gasteiger partial charge in [0, 0.05) is 48.8 Å². The van der Waals surface area contributed by atoms with Crippen molar-refractivity contribution in [2.75, 3.05) is 19.7 Å². The summed E-state index contributed by atoms with van der Waals surface area (Å²) in [6.45, 7) is 7.65. The highest BCUT2D eigenvalue weighted by molar-refractivity contribution is 6.11. The zero-order valence-electron chi connectivity index (χ0n) is 21.8. The number of rotatable bonds is 7. The number of nitrogens with zero attached hydrogens (tertiary/aromatic N) is 4. The maximum absolute atomic E-state index is 14.0. The van der Waals surface area contributed by atoms with E-state index >= 15 is 0 Å². The monoisotopic (exact) mass is 522 g/mol. The number of hydrogen-bond acceptors (Lipinski definition) is 7. The molecular weight excluding hydrogens is 490 g/mol. The summed E-state index contributed by atoms with van der Waals surface area (Å²) in [4.78, 5) is 16.7. The summed E-state index contributed by atoms with van der Waals surface area (Å²) in [5.74, 6) is -1.94. The quantitative estimate of drug-likeness (QED) is 0.352. The number of hydrogen-bond donors (Lipinski definition) is 1. The van der Waals surface area contributed by atoms with Gasteiger partial charge >= 0.3 is 0 Å². The van der Waals surface area contributed by atoms with Crippen LogP contribution >= 0.6 is 0 Å². The fourth-order valence-electron chi connectivity index (χ4n) is 5.09. The molecule has 0 amide bonds. The number of likely N-dealkylation sites (tertiary alicyclic amines) is 1. The molecule has 1 aromatic carbocycles. The van der Waals surface area contributed by atoms with Gasteiger partial charge in [0.05, 0.1) is 23.5 Å². The molecule has 1 atom stereocenters. The Bertz CT molecular complexity index is 1320. The average Bonchev–Trinajstić information content (AvgIpc) is 3.26. The van der Waals surface area contributed by atoms with Crippen LogP contribution in [0.25, 0.3) is 0 Å². The van der Waals surface area contributed by atoms with E-state index in [1.54, 1.807) is 26.1 Å². The highest BCUT2D eigenvalue weighted by Crippen LogP contribution is 2.44. The van der Waals surface area contributed by atoms with E-state index in [2.05, 4.69) is 26.9 Å². The number of halogens is 2. The Morgan fingerprint density at radius 2 is 1.95 bits per heavy atom. The SMILES string of the molecule is C[C@@H](c1ccc(C(=NOCC(C)(C)O)c2ccc(F)c(F)c2)nc1)N1CCC2(CC1)OCc1ccncc12. The Hall–Kier alpha value is -3.27. The zero-order chi connectivity index (χ0) is 26.9. The van der Waals surface area contributed by atoms with Gasteiger partial charge in [0.15, 0.2) is 11.6 Å². The normalized spacial score (nSPS) is 18.4. The highest BCUT2D eigenvalue weighted by atomic mass is 19.2. The summed E-state index contributed by atoms with van der Waals surface area (Å²) in [6.07, 6.45) is 7.33. The van der Waals surface area contributed by atoms with E-state index in [1.807, 2.05) is 24.5 Å². The molecule has 2 aromatic heterocycles. The summed E-state index contributed by atoms with van der Waals surface area (Å²) < 4.78 is 33.8. The number of oxime groups is 1. The lowest BCUT2D eigenvalue weighted by Gasteiger charge is -2.41. The average molecular weight is 523 g/mol. The number of aromatic nitrogens is 2. The second-order valence-electron chi connectivity index (χ2n) is 10.7. The van der Waals surface area contributed by atoms with Gasteiger partial charge in [-0.05, 0) is 75.1 Å². The molecule has 7 nitrogen and oxygen atoms in total. The minimum absolute atomic E-state index is 0.0734. The third kappa shape index (κ3) is 5.45. The van der Waals surface area contributed by atoms with E-state index in [4.69, 9.17) is 9.57 Å². The Balaban J connectivity index is 1.31. The van der Waals surface area contributed by atoms with Gasteiger partial charge in [-0.1, -0.05) is 11.2 Å². The number of fused-ring (bicyclic) bond motifs is 2. The third-order valence-electron chi connectivity index (χ3n) is 7.34. The van der Waals surface area contributed by atoms with Crippen molar-refractivity contribution in [3.63, 3.8) is 0 Å². The van der Waals surface area contributed by atoms with Crippen LogP contribution in [0.3, 0.4) is 0 Å². The van der Waals surface area contributed by atoms with Gasteiger partial charge in [-0.3, -0.25) is 14.9 Å². The molecule has 9 heteroatoms. The molecule has 0 saturated carbocycles. The first-order valence-corrected chi connectivity index (χ1v) is 12.8. The van der Waals surface area contributed by atoms with Gasteiger partial charge in [0.25, 0.3) is 0 Å². The van der Waals surface area contributed by atoms with E-state index in [0.717, 1.165) is 43.6 Å². The van der Waals surface area contributed by atoms with E-state index < -0.39 is 17.2 Å². The number of pyridine rings is 2. The van der Waals surface area contributed by atoms with Crippen molar-refractivity contribution in [1.82, 2.24) is 14.9 Å². The standard InChI is InChI=1S/C29H32F2N4O3/c1-19(35-12-9-29(10-13-35)23-16-32-11-8-22(23)17-37-29)21-5-7-26(33-15-21)27(34-38-18-28(2,3)36)20-4-6-24(30)25(31)14-20/h4-8,11,14-16,19,36H,9-10,12-13,17-18H2,1-3H3/t19-/m0/s1. The van der Waals surface area contributed by atoms with Crippen molar-refractivity contribution in [3.05, 3.63) is 94.6 Å². The van der Waals surface area contributed by atoms with Crippen LogP contribution in [0, 0.1) is 11.6 Å². The fourth-order valence-corrected chi connectivity index (χ4v) is 5.09. The van der Waals surface area contributed by atoms with Gasteiger partial charge < -0.3 is 14.7 Å². The molecule has 1 fully saturated rings. The maximum atomic E-state index is 14.0. The van der Waals surface area contributed by atoms with Gasteiger partial charge in [0.2, 0.25) is 0 Å². The lowest BCUT2D eigenvalue weighted by molar-refractivity contribution is -0.0838. The molecule has 1 spiro atoms. The van der Waals surface area contributed by atoms with Gasteiger partial charge in [-0.25, -0.2) is 8.78 Å². The van der Waals surface area contributed by atoms with E-state index in [1.165, 1.54) is 17.2 Å². The number of piperidine rings is 1. The van der Waals surface area contributed by atoms with Gasteiger partial charge in [-0.15, -0.1) is 0 Å². The fraction of sp³-hybridized carbons (Fsp3) is 0.414. The largest absolute Gasteiger partial charge is 0.392 e. The molecule has 0 unspecified atom stereocenters. The van der Waals surface area contributed by atoms with Crippen molar-refractivity contribution in [2.45, 2.75) is 57.5 Å². The molecule has 0 bridgehead atoms. The number of benzene rings is 1. The second kappa shape index (κ2) is 10.5. The Labute approximate surface area is 221 Å². The highest BCUT2D eigenvalue weighted by Gasteiger charge is 2.43. The van der Waals surface area contributed by atoms with E-state index in [0.29, 0.717) is 17.9 Å². The molecule has 38 heavy (non-hydrogen) atoms. The van der Waals surface area contributed by atoms with Gasteiger partial charge in [-0.2, -0.15) is 0 Å². The van der Waals surface area contributed by atoms with Crippen LogP contribution in [-0.4, -0.2) is 51.0 Å². The minimum Gasteiger partial charge on any atom is -0.392 e. The predicted octanol–water partition coefficient (Wildman–Crippen LogP) is 4.88. The van der Waals surface area contributed by atoms with Crippen molar-refractivity contribution in [1.29, 1.82) is 0 Å². The molecule has 2 aliphatic heterocycles. The summed E-state index contributed by atoms with van der Waals surface area (Å²) in [5, 5.41) is 14.1. The summed E-state index contributed by atoms with van der Waals surface area (Å²) in [5.41, 5.74) is 3.13. The van der Waals surface area contributed by atoms with Crippen molar-refractivity contribution in [2.24, 2.45) is 5.16 Å². The van der Waals surface area contributed by atoms with Crippen molar-refractivity contribution in [3.8, 4) is 0 Å². The molecule has 3 aromatic rings. The number of aliphatic hydroxyl groups is 1. The van der Waals surface area contributed by atoms with Crippen LogP contribution in [-0.2, 0) is 21.8 Å². The molecule has 5 rings (SSSR count). The van der Waals surface area contributed by atoms with Crippen LogP contribution in [0.4, 0.5) is 8.78 Å². The maximum Gasteiger partial charge on any atom is 0.159 e. The molecule has 1 saturated heterocycles. The van der Waals surface area contributed by atoms with Crippen LogP contribution in [0.2, 0.25) is 0 Å². The summed E-state index contributed by atoms with van der Waals surface area (Å²) in [6, 6.07) is 9.45. The molecule has 0 radical (unpaired) electrons. The van der Waals surface area contributed by atoms with Crippen molar-refractivity contribution >= 4 is 5.71 Å². The Kier molecular flexibility index (Phi) is 7.26. The molecule has 1 N–H and O–H groups in total. The Morgan fingerprint density at radius 3 is 2.63 bits per heavy atom. The Morgan fingerprint density at radius 1 is 1.16 bits per heavy atom. The van der Waals surface area contributed by atoms with Crippen LogP contribution in [0.5, 0.6) is 0 Å².